The van der Waals surface area contributed by atoms with E-state index in [1.807, 2.05) is 0 Å². The van der Waals surface area contributed by atoms with Gasteiger partial charge in [0.2, 0.25) is 0 Å². The van der Waals surface area contributed by atoms with Crippen LogP contribution in [0.25, 0.3) is 87.6 Å². The van der Waals surface area contributed by atoms with Crippen molar-refractivity contribution in [1.82, 2.24) is 0 Å². The molecule has 10 rings (SSSR count). The summed E-state index contributed by atoms with van der Waals surface area (Å²) in [4.78, 5) is 0. The van der Waals surface area contributed by atoms with E-state index < -0.39 is 281 Å². The van der Waals surface area contributed by atoms with Crippen LogP contribution in [0.15, 0.2) is 186 Å². The highest BCUT2D eigenvalue weighted by Crippen LogP contribution is 2.44. The molecule has 0 saturated carbocycles. The Bertz CT molecular complexity index is 4480. The molecule has 1 heterocycles. The highest BCUT2D eigenvalue weighted by atomic mass is 16.3. The van der Waals surface area contributed by atoms with Crippen molar-refractivity contribution in [2.45, 2.75) is 6.42 Å². The third-order valence-electron chi connectivity index (χ3n) is 8.13. The molecule has 50 heavy (non-hydrogen) atoms. The summed E-state index contributed by atoms with van der Waals surface area (Å²) in [7, 11) is 0. The fourth-order valence-electron chi connectivity index (χ4n) is 5.96. The van der Waals surface area contributed by atoms with Crippen LogP contribution in [0.3, 0.4) is 0 Å². The summed E-state index contributed by atoms with van der Waals surface area (Å²) in [6, 6.07) is -27.3. The lowest BCUT2D eigenvalue weighted by Gasteiger charge is -2.19. The maximum Gasteiger partial charge on any atom is 0.143 e. The van der Waals surface area contributed by atoms with E-state index >= 15 is 0 Å². The average molecular weight is 667 g/mol. The molecule has 0 bridgehead atoms. The van der Waals surface area contributed by atoms with Gasteiger partial charge in [-0.15, -0.1) is 0 Å². The summed E-state index contributed by atoms with van der Waals surface area (Å²) in [5, 5.41) is -4.35. The smallest absolute Gasteiger partial charge is 0.143 e. The Kier molecular flexibility index (Phi) is 2.69. The second-order valence-electron chi connectivity index (χ2n) is 10.9. The largest absolute Gasteiger partial charge is 0.455 e. The fraction of sp³-hybridized carbons (Fsp3) is 0.0204. The van der Waals surface area contributed by atoms with Crippen molar-refractivity contribution >= 4 is 54.3 Å². The second-order valence-corrected chi connectivity index (χ2v) is 10.9. The van der Waals surface area contributed by atoms with Gasteiger partial charge in [0.15, 0.2) is 0 Å². The van der Waals surface area contributed by atoms with Gasteiger partial charge in [-0.05, 0) is 96.0 Å². The van der Waals surface area contributed by atoms with E-state index in [1.165, 1.54) is 0 Å². The Balaban J connectivity index is 1.34. The van der Waals surface area contributed by atoms with Gasteiger partial charge in [-0.3, -0.25) is 0 Å². The quantitative estimate of drug-likeness (QED) is 0.167. The van der Waals surface area contributed by atoms with Gasteiger partial charge in [0.1, 0.15) is 11.2 Å². The minimum Gasteiger partial charge on any atom is -0.455 e. The van der Waals surface area contributed by atoms with Crippen LogP contribution >= 0.6 is 0 Å². The molecule has 0 fully saturated rings. The van der Waals surface area contributed by atoms with Crippen LogP contribution in [0.1, 0.15) is 52.2 Å². The molecule has 0 saturated heterocycles. The zero-order chi connectivity index (χ0) is 59.1. The van der Waals surface area contributed by atoms with Crippen molar-refractivity contribution in [2.24, 2.45) is 0 Å². The van der Waals surface area contributed by atoms with Gasteiger partial charge < -0.3 is 4.42 Å². The Morgan fingerprint density at radius 1 is 0.400 bits per heavy atom. The first-order valence-electron chi connectivity index (χ1n) is 29.9. The average Bonchev–Trinajstić information content (AvgIpc) is 3.97. The van der Waals surface area contributed by atoms with E-state index in [0.29, 0.717) is 0 Å². The summed E-state index contributed by atoms with van der Waals surface area (Å²) < 4.78 is 274. The molecule has 10 aromatic rings. The van der Waals surface area contributed by atoms with Gasteiger partial charge in [-0.2, -0.15) is 0 Å². The lowest BCUT2D eigenvalue weighted by atomic mass is 9.84. The van der Waals surface area contributed by atoms with E-state index in [1.54, 1.807) is 0 Å². The fourth-order valence-corrected chi connectivity index (χ4v) is 5.96. The number of fused-ring (bicyclic) bond motifs is 7. The summed E-state index contributed by atoms with van der Waals surface area (Å²) in [6.07, 6.45) is -0.987. The molecule has 0 aliphatic rings. The Morgan fingerprint density at radius 2 is 1.00 bits per heavy atom. The number of hydrogen-bond donors (Lipinski definition) is 0. The molecular weight excluding hydrogens is 605 g/mol. The van der Waals surface area contributed by atoms with Crippen molar-refractivity contribution in [3.05, 3.63) is 192 Å². The molecule has 0 unspecified atom stereocenters. The minimum absolute atomic E-state index is 0.380. The van der Waals surface area contributed by atoms with Crippen LogP contribution in [-0.4, -0.2) is 0 Å². The zero-order valence-corrected chi connectivity index (χ0v) is 25.1. The molecule has 234 valence electrons. The van der Waals surface area contributed by atoms with Crippen LogP contribution in [0.4, 0.5) is 0 Å². The molecule has 0 N–H and O–H groups in total. The number of benzene rings is 9. The van der Waals surface area contributed by atoms with Crippen LogP contribution in [0.5, 0.6) is 0 Å². The van der Waals surface area contributed by atoms with Crippen molar-refractivity contribution in [1.29, 1.82) is 0 Å². The predicted octanol–water partition coefficient (Wildman–Crippen LogP) is 13.6. The van der Waals surface area contributed by atoms with E-state index in [4.69, 9.17) is 31.8 Å². The van der Waals surface area contributed by atoms with Gasteiger partial charge in [0.05, 0.1) is 41.1 Å². The van der Waals surface area contributed by atoms with Crippen LogP contribution in [0.2, 0.25) is 0 Å². The molecule has 0 aliphatic heterocycles. The normalized spacial score (nSPS) is 20.1. The minimum atomic E-state index is -1.04. The molecule has 0 radical (unpaired) electrons. The first kappa shape index (κ1) is 11.6. The third-order valence-corrected chi connectivity index (χ3v) is 8.13. The lowest BCUT2D eigenvalue weighted by Crippen LogP contribution is -1.96. The van der Waals surface area contributed by atoms with E-state index in [9.17, 15) is 13.7 Å². The van der Waals surface area contributed by atoms with Gasteiger partial charge in [-0.1, -0.05) is 163 Å². The topological polar surface area (TPSA) is 13.1 Å². The molecule has 1 nitrogen and oxygen atoms in total. The van der Waals surface area contributed by atoms with Crippen molar-refractivity contribution in [3.8, 4) is 33.4 Å². The van der Waals surface area contributed by atoms with E-state index in [-0.39, 0.29) is 5.39 Å². The molecule has 0 aliphatic carbocycles. The van der Waals surface area contributed by atoms with Crippen molar-refractivity contribution in [2.75, 3.05) is 0 Å². The summed E-state index contributed by atoms with van der Waals surface area (Å²) >= 11 is 0. The molecule has 1 aromatic heterocycles. The number of hydrogen-bond acceptors (Lipinski definition) is 1. The van der Waals surface area contributed by atoms with E-state index in [2.05, 4.69) is 0 Å². The monoisotopic (exact) mass is 666 g/mol. The van der Waals surface area contributed by atoms with Crippen LogP contribution in [-0.2, 0) is 6.42 Å². The Morgan fingerprint density at radius 3 is 1.74 bits per heavy atom. The number of furan rings is 1. The van der Waals surface area contributed by atoms with Crippen molar-refractivity contribution in [3.63, 3.8) is 0 Å². The second kappa shape index (κ2) is 11.6. The molecular formula is C49H32O. The standard InChI is InChI=1S/C49H32O/c1-2-12-34(13-3-1)37-15-6-9-19-41(37)48-42-20-10-7-17-39(42)45(40-18-8-11-21-43(40)48)30-32-22-24-33(25-23-32)36-27-29-47-46(31-36)44-28-26-35-14-4-5-16-38(35)49(44)50-47/h1-29,31H,30H2/i1D,2D,3D,4D,5D,6D,7D,8D,9D,10D,11D,12D,13D,14D,15D,16D,17D,18D,19D,20D,21D,22D,23D,24D,25D,26D,27D,28D,29D,31D. The van der Waals surface area contributed by atoms with Gasteiger partial charge in [-0.25, -0.2) is 0 Å². The SMILES string of the molecule is [2H]c1c([2H])c([2H])c(-c2c([2H])c([2H])c([2H])c([2H])c2-c2c3c([2H])c([2H])c([2H])c([2H])c3c(Cc3c([2H])c([2H])c(-c4c([2H])c([2H])c5oc6c7c([2H])c([2H])c([2H])c([2H])c7c([2H])c([2H])c6c5c4[2H])c([2H])c3[2H])c3c([2H])c([2H])c([2H])c([2H])c23)c([2H])c1[2H]. The summed E-state index contributed by atoms with van der Waals surface area (Å²) in [5.41, 5.74) is -6.80. The molecule has 1 heteroatoms. The van der Waals surface area contributed by atoms with Crippen LogP contribution in [0, 0.1) is 0 Å². The van der Waals surface area contributed by atoms with Gasteiger partial charge >= 0.3 is 0 Å². The molecule has 0 amide bonds. The van der Waals surface area contributed by atoms with Crippen molar-refractivity contribution < 1.29 is 45.5 Å². The van der Waals surface area contributed by atoms with E-state index in [0.717, 1.165) is 0 Å². The Labute approximate surface area is 332 Å². The third kappa shape index (κ3) is 4.63. The number of rotatable bonds is 5. The summed E-state index contributed by atoms with van der Waals surface area (Å²) in [5.74, 6) is 0. The highest BCUT2D eigenvalue weighted by Gasteiger charge is 2.18. The first-order valence-corrected chi connectivity index (χ1v) is 14.9. The first-order chi connectivity index (χ1) is 37.3. The highest BCUT2D eigenvalue weighted by molar-refractivity contribution is 6.17. The molecule has 0 spiro atoms. The van der Waals surface area contributed by atoms with Crippen LogP contribution < -0.4 is 0 Å². The molecule has 9 aromatic carbocycles. The lowest BCUT2D eigenvalue weighted by molar-refractivity contribution is 0.672. The van der Waals surface area contributed by atoms with Gasteiger partial charge in [0, 0.05) is 16.2 Å². The summed E-state index contributed by atoms with van der Waals surface area (Å²) in [6.45, 7) is 0. The van der Waals surface area contributed by atoms with Gasteiger partial charge in [0.25, 0.3) is 0 Å². The Hall–Kier alpha value is -6.44. The molecule has 0 atom stereocenters. The zero-order valence-electron chi connectivity index (χ0n) is 55.1. The predicted molar refractivity (Wildman–Crippen MR) is 212 cm³/mol. The maximum atomic E-state index is 9.45. The maximum absolute atomic E-state index is 9.45.